The minimum Gasteiger partial charge on any atom is -0.477 e. The second-order valence-corrected chi connectivity index (χ2v) is 9.58. The molecule has 0 spiro atoms. The Morgan fingerprint density at radius 2 is 2.03 bits per heavy atom. The van der Waals surface area contributed by atoms with E-state index in [2.05, 4.69) is 15.5 Å². The summed E-state index contributed by atoms with van der Waals surface area (Å²) in [6.07, 6.45) is -1.41. The van der Waals surface area contributed by atoms with Crippen molar-refractivity contribution >= 4 is 41.3 Å². The van der Waals surface area contributed by atoms with Crippen molar-refractivity contribution in [3.63, 3.8) is 0 Å². The van der Waals surface area contributed by atoms with Crippen molar-refractivity contribution in [2.45, 2.75) is 43.1 Å². The predicted molar refractivity (Wildman–Crippen MR) is 122 cm³/mol. The van der Waals surface area contributed by atoms with E-state index in [0.29, 0.717) is 34.3 Å². The minimum absolute atomic E-state index is 0.0513. The number of fused-ring (bicyclic) bond motifs is 1. The normalized spacial score (nSPS) is 20.8. The number of nitrogens with zero attached hydrogens (tertiary/aromatic N) is 4. The average Bonchev–Trinajstić information content (AvgIpc) is 3.19. The number of benzene rings is 1. The maximum atomic E-state index is 12.8. The molecule has 2 amide bonds. The van der Waals surface area contributed by atoms with Gasteiger partial charge in [0.2, 0.25) is 0 Å². The largest absolute Gasteiger partial charge is 0.477 e. The van der Waals surface area contributed by atoms with Crippen LogP contribution in [-0.2, 0) is 20.9 Å². The van der Waals surface area contributed by atoms with Crippen LogP contribution in [0.1, 0.15) is 24.4 Å². The van der Waals surface area contributed by atoms with Crippen LogP contribution in [0, 0.1) is 6.92 Å². The van der Waals surface area contributed by atoms with Gasteiger partial charge in [0.1, 0.15) is 22.9 Å². The maximum absolute atomic E-state index is 12.8. The van der Waals surface area contributed by atoms with E-state index < -0.39 is 35.3 Å². The summed E-state index contributed by atoms with van der Waals surface area (Å²) in [7, 11) is 0. The second-order valence-electron chi connectivity index (χ2n) is 7.53. The van der Waals surface area contributed by atoms with Crippen molar-refractivity contribution in [3.05, 3.63) is 53.0 Å². The maximum Gasteiger partial charge on any atom is 0.352 e. The van der Waals surface area contributed by atoms with Crippen molar-refractivity contribution in [1.29, 1.82) is 0 Å². The van der Waals surface area contributed by atoms with Crippen molar-refractivity contribution in [1.82, 2.24) is 25.0 Å². The first-order valence-corrected chi connectivity index (χ1v) is 12.3. The molecule has 12 heteroatoms. The quantitative estimate of drug-likeness (QED) is 0.368. The molecule has 3 heterocycles. The van der Waals surface area contributed by atoms with E-state index in [1.807, 2.05) is 18.4 Å². The van der Waals surface area contributed by atoms with Crippen LogP contribution in [-0.4, -0.2) is 70.6 Å². The number of β-lactam (4-membered cyclic amide) rings is 1. The van der Waals surface area contributed by atoms with Crippen LogP contribution in [0.5, 0.6) is 0 Å². The van der Waals surface area contributed by atoms with Gasteiger partial charge in [-0.05, 0) is 25.0 Å². The van der Waals surface area contributed by atoms with Gasteiger partial charge in [0.15, 0.2) is 11.3 Å². The molecular formula is C21H23N5O5S2. The molecule has 1 aromatic heterocycles. The molecule has 4 rings (SSSR count). The zero-order valence-electron chi connectivity index (χ0n) is 18.0. The number of carbonyl (C=O) groups is 3. The fourth-order valence-corrected chi connectivity index (χ4v) is 6.33. The lowest BCUT2D eigenvalue weighted by atomic mass is 10.0. The molecule has 10 nitrogen and oxygen atoms in total. The predicted octanol–water partition coefficient (Wildman–Crippen LogP) is 1.17. The van der Waals surface area contributed by atoms with Gasteiger partial charge in [-0.25, -0.2) is 4.79 Å². The van der Waals surface area contributed by atoms with Crippen LogP contribution in [0.4, 0.5) is 0 Å². The molecule has 2 aliphatic rings. The molecule has 174 valence electrons. The fourth-order valence-electron chi connectivity index (χ4n) is 3.80. The van der Waals surface area contributed by atoms with E-state index in [4.69, 9.17) is 0 Å². The third kappa shape index (κ3) is 4.37. The molecular weight excluding hydrogens is 466 g/mol. The number of hydrogen-bond acceptors (Lipinski definition) is 8. The Kier molecular flexibility index (Phi) is 6.77. The zero-order valence-corrected chi connectivity index (χ0v) is 19.6. The van der Waals surface area contributed by atoms with Crippen LogP contribution < -0.4 is 5.32 Å². The topological polar surface area (TPSA) is 138 Å². The minimum atomic E-state index is -1.41. The number of nitrogens with one attached hydrogen (secondary N) is 1. The highest BCUT2D eigenvalue weighted by Crippen LogP contribution is 2.41. The first kappa shape index (κ1) is 23.3. The van der Waals surface area contributed by atoms with Crippen LogP contribution in [0.15, 0.2) is 46.8 Å². The third-order valence-corrected chi connectivity index (χ3v) is 7.90. The van der Waals surface area contributed by atoms with Gasteiger partial charge >= 0.3 is 5.97 Å². The SMILES string of the molecule is CCn1c(C)nnc1SCC1=C(C(=O)O)N2C(=O)C(NC(=O)C(O)c3ccccc3)[C@H]2SC1. The first-order chi connectivity index (χ1) is 15.8. The number of carbonyl (C=O) groups excluding carboxylic acids is 2. The lowest BCUT2D eigenvalue weighted by Gasteiger charge is -2.49. The Morgan fingerprint density at radius 3 is 2.70 bits per heavy atom. The lowest BCUT2D eigenvalue weighted by molar-refractivity contribution is -0.151. The van der Waals surface area contributed by atoms with Gasteiger partial charge in [0.05, 0.1) is 0 Å². The molecule has 2 unspecified atom stereocenters. The molecule has 1 fully saturated rings. The van der Waals surface area contributed by atoms with E-state index in [1.165, 1.54) is 28.4 Å². The van der Waals surface area contributed by atoms with Crippen LogP contribution in [0.25, 0.3) is 0 Å². The number of carboxylic acid groups (broad SMARTS) is 1. The second kappa shape index (κ2) is 9.57. The van der Waals surface area contributed by atoms with Crippen molar-refractivity contribution in [3.8, 4) is 0 Å². The Balaban J connectivity index is 1.47. The van der Waals surface area contributed by atoms with Gasteiger partial charge in [-0.1, -0.05) is 42.1 Å². The lowest BCUT2D eigenvalue weighted by Crippen LogP contribution is -2.70. The first-order valence-electron chi connectivity index (χ1n) is 10.3. The number of thioether (sulfide) groups is 2. The summed E-state index contributed by atoms with van der Waals surface area (Å²) in [5, 5.41) is 31.0. The highest BCUT2D eigenvalue weighted by Gasteiger charge is 2.54. The average molecular weight is 490 g/mol. The number of aliphatic hydroxyl groups is 1. The number of aryl methyl sites for hydroxylation is 1. The van der Waals surface area contributed by atoms with Gasteiger partial charge in [0.25, 0.3) is 11.8 Å². The molecule has 3 atom stereocenters. The molecule has 1 aromatic carbocycles. The van der Waals surface area contributed by atoms with Crippen molar-refractivity contribution in [2.75, 3.05) is 11.5 Å². The van der Waals surface area contributed by atoms with Crippen LogP contribution >= 0.6 is 23.5 Å². The van der Waals surface area contributed by atoms with E-state index in [-0.39, 0.29) is 5.70 Å². The highest BCUT2D eigenvalue weighted by molar-refractivity contribution is 8.01. The smallest absolute Gasteiger partial charge is 0.352 e. The van der Waals surface area contributed by atoms with E-state index in [9.17, 15) is 24.6 Å². The zero-order chi connectivity index (χ0) is 23.7. The van der Waals surface area contributed by atoms with E-state index in [1.54, 1.807) is 30.3 Å². The van der Waals surface area contributed by atoms with E-state index in [0.717, 1.165) is 5.82 Å². The molecule has 0 aliphatic carbocycles. The summed E-state index contributed by atoms with van der Waals surface area (Å²) in [6.45, 7) is 4.53. The molecule has 3 N–H and O–H groups in total. The molecule has 0 bridgehead atoms. The Bertz CT molecular complexity index is 1120. The summed E-state index contributed by atoms with van der Waals surface area (Å²) in [5.41, 5.74) is 0.972. The number of amides is 2. The number of aliphatic carboxylic acids is 1. The summed E-state index contributed by atoms with van der Waals surface area (Å²) in [5.74, 6) is -0.862. The van der Waals surface area contributed by atoms with Gasteiger partial charge in [-0.3, -0.25) is 14.5 Å². The molecule has 1 saturated heterocycles. The summed E-state index contributed by atoms with van der Waals surface area (Å²) >= 11 is 2.76. The van der Waals surface area contributed by atoms with Crippen molar-refractivity contribution < 1.29 is 24.6 Å². The van der Waals surface area contributed by atoms with Gasteiger partial charge < -0.3 is 20.1 Å². The number of aliphatic hydroxyl groups excluding tert-OH is 1. The van der Waals surface area contributed by atoms with Gasteiger partial charge in [-0.2, -0.15) is 0 Å². The number of carboxylic acids is 1. The molecule has 33 heavy (non-hydrogen) atoms. The number of rotatable bonds is 8. The Hall–Kier alpha value is -2.83. The van der Waals surface area contributed by atoms with Crippen LogP contribution in [0.3, 0.4) is 0 Å². The Labute approximate surface area is 198 Å². The summed E-state index contributed by atoms with van der Waals surface area (Å²) < 4.78 is 1.93. The van der Waals surface area contributed by atoms with Crippen molar-refractivity contribution in [2.24, 2.45) is 0 Å². The Morgan fingerprint density at radius 1 is 1.30 bits per heavy atom. The van der Waals surface area contributed by atoms with Gasteiger partial charge in [0, 0.05) is 18.1 Å². The molecule has 2 aliphatic heterocycles. The molecule has 2 aromatic rings. The fraction of sp³-hybridized carbons (Fsp3) is 0.381. The third-order valence-electron chi connectivity index (χ3n) is 5.50. The monoisotopic (exact) mass is 489 g/mol. The summed E-state index contributed by atoms with van der Waals surface area (Å²) in [4.78, 5) is 38.5. The molecule has 0 saturated carbocycles. The van der Waals surface area contributed by atoms with Crippen LogP contribution in [0.2, 0.25) is 0 Å². The number of aromatic nitrogens is 3. The number of hydrogen-bond donors (Lipinski definition) is 3. The molecule has 0 radical (unpaired) electrons. The summed E-state index contributed by atoms with van der Waals surface area (Å²) in [6, 6.07) is 7.51. The highest BCUT2D eigenvalue weighted by atomic mass is 32.2. The van der Waals surface area contributed by atoms with Gasteiger partial charge in [-0.15, -0.1) is 22.0 Å². The standard InChI is InChI=1S/C21H23N5O5S2/c1-3-25-11(2)23-24-21(25)33-10-13-9-32-19-14(18(29)26(19)15(13)20(30)31)22-17(28)16(27)12-7-5-4-6-8-12/h4-8,14,16,19,27H,3,9-10H2,1-2H3,(H,22,28)(H,30,31)/t14?,16?,19-/m1/s1. The van der Waals surface area contributed by atoms with E-state index >= 15 is 0 Å².